The molecule has 10 heteroatoms. The van der Waals surface area contributed by atoms with Crippen LogP contribution in [0.25, 0.3) is 17.8 Å². The van der Waals surface area contributed by atoms with Crippen molar-refractivity contribution < 1.29 is 19.6 Å². The third-order valence-corrected chi connectivity index (χ3v) is 4.32. The van der Waals surface area contributed by atoms with E-state index < -0.39 is 27.7 Å². The third kappa shape index (κ3) is 4.01. The molecule has 3 aromatic rings. The molecule has 0 aliphatic rings. The summed E-state index contributed by atoms with van der Waals surface area (Å²) in [6, 6.07) is 13.8. The van der Waals surface area contributed by atoms with Crippen molar-refractivity contribution in [3.63, 3.8) is 0 Å². The molecule has 2 aromatic carbocycles. The van der Waals surface area contributed by atoms with Crippen LogP contribution >= 0.6 is 0 Å². The predicted octanol–water partition coefficient (Wildman–Crippen LogP) is 2.89. The highest BCUT2D eigenvalue weighted by molar-refractivity contribution is 5.93. The molecule has 0 aliphatic heterocycles. The number of carboxylic acid groups (broad SMARTS) is 1. The molecule has 154 valence electrons. The number of para-hydroxylation sites is 3. The maximum Gasteiger partial charge on any atom is 0.357 e. The highest BCUT2D eigenvalue weighted by atomic mass is 16.6. The largest absolute Gasteiger partial charge is 0.494 e. The van der Waals surface area contributed by atoms with Crippen molar-refractivity contribution in [1.29, 1.82) is 5.26 Å². The van der Waals surface area contributed by atoms with Gasteiger partial charge in [-0.1, -0.05) is 30.3 Å². The van der Waals surface area contributed by atoms with Crippen LogP contribution in [-0.2, 0) is 0 Å². The van der Waals surface area contributed by atoms with Gasteiger partial charge in [0.25, 0.3) is 11.2 Å². The first-order valence-corrected chi connectivity index (χ1v) is 8.74. The van der Waals surface area contributed by atoms with Gasteiger partial charge in [0.05, 0.1) is 17.6 Å². The number of hydrogen-bond acceptors (Lipinski definition) is 7. The molecule has 1 N–H and O–H groups in total. The van der Waals surface area contributed by atoms with E-state index in [1.165, 1.54) is 37.5 Å². The first-order valence-electron chi connectivity index (χ1n) is 8.74. The maximum atomic E-state index is 12.9. The minimum atomic E-state index is -1.48. The molecule has 0 fully saturated rings. The number of hydrogen-bond donors (Lipinski definition) is 1. The summed E-state index contributed by atoms with van der Waals surface area (Å²) in [5.41, 5.74) is -2.07. The van der Waals surface area contributed by atoms with E-state index in [1.807, 2.05) is 0 Å². The van der Waals surface area contributed by atoms with Gasteiger partial charge < -0.3 is 9.84 Å². The second kappa shape index (κ2) is 8.71. The number of nitriles is 1. The Bertz CT molecular complexity index is 1320. The fraction of sp³-hybridized carbons (Fsp3) is 0.0476. The number of ether oxygens (including phenoxy) is 1. The number of benzene rings is 2. The molecule has 0 spiro atoms. The van der Waals surface area contributed by atoms with Gasteiger partial charge in [0.2, 0.25) is 0 Å². The van der Waals surface area contributed by atoms with Crippen molar-refractivity contribution in [3.05, 3.63) is 91.4 Å². The number of nitrogens with zero attached hydrogens (tertiary/aromatic N) is 4. The Morgan fingerprint density at radius 3 is 2.55 bits per heavy atom. The van der Waals surface area contributed by atoms with Gasteiger partial charge >= 0.3 is 5.97 Å². The van der Waals surface area contributed by atoms with Crippen molar-refractivity contribution in [3.8, 4) is 17.5 Å². The van der Waals surface area contributed by atoms with Crippen LogP contribution < -0.4 is 10.3 Å². The molecule has 0 atom stereocenters. The molecule has 0 radical (unpaired) electrons. The fourth-order valence-electron chi connectivity index (χ4n) is 2.90. The van der Waals surface area contributed by atoms with Gasteiger partial charge in [0.1, 0.15) is 23.1 Å². The number of aromatic carboxylic acids is 1. The molecule has 31 heavy (non-hydrogen) atoms. The highest BCUT2D eigenvalue weighted by Crippen LogP contribution is 2.24. The van der Waals surface area contributed by atoms with Gasteiger partial charge in [-0.15, -0.1) is 0 Å². The van der Waals surface area contributed by atoms with E-state index in [1.54, 1.807) is 30.3 Å². The summed E-state index contributed by atoms with van der Waals surface area (Å²) in [5.74, 6) is -1.23. The van der Waals surface area contributed by atoms with Crippen LogP contribution in [0.15, 0.2) is 53.3 Å². The fourth-order valence-corrected chi connectivity index (χ4v) is 2.90. The third-order valence-electron chi connectivity index (χ3n) is 4.32. The summed E-state index contributed by atoms with van der Waals surface area (Å²) in [6.07, 6.45) is 2.42. The number of nitro groups is 1. The number of carbonyl (C=O) groups is 1. The number of carboxylic acids is 1. The van der Waals surface area contributed by atoms with E-state index in [2.05, 4.69) is 5.10 Å². The molecule has 1 heterocycles. The minimum Gasteiger partial charge on any atom is -0.494 e. The van der Waals surface area contributed by atoms with E-state index in [-0.39, 0.29) is 28.3 Å². The second-order valence-electron chi connectivity index (χ2n) is 6.09. The number of aromatic nitrogens is 2. The predicted molar refractivity (Wildman–Crippen MR) is 110 cm³/mol. The normalized spacial score (nSPS) is 10.6. The van der Waals surface area contributed by atoms with E-state index in [9.17, 15) is 30.1 Å². The lowest BCUT2D eigenvalue weighted by atomic mass is 10.1. The van der Waals surface area contributed by atoms with E-state index in [0.717, 1.165) is 10.8 Å². The summed E-state index contributed by atoms with van der Waals surface area (Å²) in [5, 5.41) is 34.4. The Labute approximate surface area is 175 Å². The van der Waals surface area contributed by atoms with Crippen LogP contribution in [-0.4, -0.2) is 32.9 Å². The number of rotatable bonds is 6. The molecule has 0 unspecified atom stereocenters. The van der Waals surface area contributed by atoms with Crippen LogP contribution in [0.2, 0.25) is 0 Å². The van der Waals surface area contributed by atoms with Crippen LogP contribution in [0.5, 0.6) is 5.75 Å². The average molecular weight is 418 g/mol. The monoisotopic (exact) mass is 418 g/mol. The SMILES string of the molecule is COc1ccccc1-n1nc(C(=O)O)c(/C=C/c2ccccc2[N+](=O)[O-])c(C#N)c1=O. The zero-order valence-electron chi connectivity index (χ0n) is 16.1. The van der Waals surface area contributed by atoms with Crippen molar-refractivity contribution in [2.45, 2.75) is 0 Å². The molecule has 0 saturated carbocycles. The van der Waals surface area contributed by atoms with E-state index in [0.29, 0.717) is 0 Å². The highest BCUT2D eigenvalue weighted by Gasteiger charge is 2.22. The molecule has 0 amide bonds. The quantitative estimate of drug-likeness (QED) is 0.474. The van der Waals surface area contributed by atoms with Gasteiger partial charge in [0, 0.05) is 11.6 Å². The Morgan fingerprint density at radius 2 is 1.90 bits per heavy atom. The van der Waals surface area contributed by atoms with E-state index >= 15 is 0 Å². The lowest BCUT2D eigenvalue weighted by Gasteiger charge is -2.12. The minimum absolute atomic E-state index is 0.156. The Balaban J connectivity index is 2.27. The smallest absolute Gasteiger partial charge is 0.357 e. The topological polar surface area (TPSA) is 148 Å². The van der Waals surface area contributed by atoms with Gasteiger partial charge in [-0.2, -0.15) is 15.0 Å². The van der Waals surface area contributed by atoms with Crippen molar-refractivity contribution >= 4 is 23.8 Å². The molecule has 1 aromatic heterocycles. The van der Waals surface area contributed by atoms with Gasteiger partial charge in [-0.25, -0.2) is 4.79 Å². The average Bonchev–Trinajstić information content (AvgIpc) is 2.77. The van der Waals surface area contributed by atoms with Gasteiger partial charge in [-0.05, 0) is 24.3 Å². The van der Waals surface area contributed by atoms with Crippen molar-refractivity contribution in [2.24, 2.45) is 0 Å². The molecular formula is C21H14N4O6. The van der Waals surface area contributed by atoms with Crippen LogP contribution in [0.3, 0.4) is 0 Å². The Morgan fingerprint density at radius 1 is 1.23 bits per heavy atom. The molecule has 0 saturated heterocycles. The van der Waals surface area contributed by atoms with E-state index in [4.69, 9.17) is 4.74 Å². The second-order valence-corrected chi connectivity index (χ2v) is 6.09. The molecule has 0 bridgehead atoms. The van der Waals surface area contributed by atoms with Crippen molar-refractivity contribution in [2.75, 3.05) is 7.11 Å². The van der Waals surface area contributed by atoms with Gasteiger partial charge in [-0.3, -0.25) is 14.9 Å². The van der Waals surface area contributed by atoms with Crippen LogP contribution in [0, 0.1) is 21.4 Å². The first-order chi connectivity index (χ1) is 14.9. The lowest BCUT2D eigenvalue weighted by molar-refractivity contribution is -0.385. The van der Waals surface area contributed by atoms with Crippen molar-refractivity contribution in [1.82, 2.24) is 9.78 Å². The van der Waals surface area contributed by atoms with Crippen LogP contribution in [0.4, 0.5) is 5.69 Å². The number of methoxy groups -OCH3 is 1. The Hall–Kier alpha value is -4.78. The number of nitro benzene ring substituents is 1. The Kier molecular flexibility index (Phi) is 5.88. The zero-order valence-corrected chi connectivity index (χ0v) is 16.1. The van der Waals surface area contributed by atoms with Gasteiger partial charge in [0.15, 0.2) is 5.69 Å². The summed E-state index contributed by atoms with van der Waals surface area (Å²) in [7, 11) is 1.37. The first kappa shape index (κ1) is 20.9. The molecule has 0 aliphatic carbocycles. The standard InChI is InChI=1S/C21H14N4O6/c1-31-18-9-5-4-8-17(18)24-20(26)15(12-22)14(19(23-24)21(27)28)11-10-13-6-2-3-7-16(13)25(29)30/h2-11H,1H3,(H,27,28)/b11-10+. The summed E-state index contributed by atoms with van der Waals surface area (Å²) in [4.78, 5) is 35.4. The summed E-state index contributed by atoms with van der Waals surface area (Å²) < 4.78 is 5.97. The molecule has 10 nitrogen and oxygen atoms in total. The lowest BCUT2D eigenvalue weighted by Crippen LogP contribution is -2.28. The molecular weight excluding hydrogens is 404 g/mol. The van der Waals surface area contributed by atoms with Crippen LogP contribution in [0.1, 0.15) is 27.2 Å². The molecule has 3 rings (SSSR count). The maximum absolute atomic E-state index is 12.9. The summed E-state index contributed by atoms with van der Waals surface area (Å²) in [6.45, 7) is 0. The zero-order chi connectivity index (χ0) is 22.5. The summed E-state index contributed by atoms with van der Waals surface area (Å²) >= 11 is 0.